The maximum absolute atomic E-state index is 11.5. The third-order valence-electron chi connectivity index (χ3n) is 2.66. The van der Waals surface area contributed by atoms with Crippen molar-refractivity contribution in [1.82, 2.24) is 5.32 Å². The number of rotatable bonds is 6. The minimum absolute atomic E-state index is 0.0705. The van der Waals surface area contributed by atoms with Crippen LogP contribution in [-0.4, -0.2) is 30.8 Å². The number of hydrogen-bond donors (Lipinski definition) is 3. The molecule has 1 unspecified atom stereocenters. The second-order valence-electron chi connectivity index (χ2n) is 5.80. The van der Waals surface area contributed by atoms with Crippen molar-refractivity contribution in [1.29, 1.82) is 0 Å². The fraction of sp³-hybridized carbons (Fsp3) is 0.533. The Labute approximate surface area is 131 Å². The Hall–Kier alpha value is -1.46. The lowest BCUT2D eigenvalue weighted by Crippen LogP contribution is -2.37. The predicted molar refractivity (Wildman–Crippen MR) is 86.8 cm³/mol. The van der Waals surface area contributed by atoms with Crippen molar-refractivity contribution in [3.63, 3.8) is 0 Å². The summed E-state index contributed by atoms with van der Waals surface area (Å²) in [4.78, 5) is 11.5. The Morgan fingerprint density at radius 2 is 1.95 bits per heavy atom. The zero-order valence-electron chi connectivity index (χ0n) is 12.8. The van der Waals surface area contributed by atoms with E-state index in [1.165, 1.54) is 0 Å². The lowest BCUT2D eigenvalue weighted by molar-refractivity contribution is 0.0527. The van der Waals surface area contributed by atoms with Gasteiger partial charge in [0.2, 0.25) is 0 Å². The van der Waals surface area contributed by atoms with E-state index in [0.29, 0.717) is 24.5 Å². The summed E-state index contributed by atoms with van der Waals surface area (Å²) in [5.74, 6) is 0. The van der Waals surface area contributed by atoms with Crippen molar-refractivity contribution in [2.75, 3.05) is 18.4 Å². The molecule has 1 aromatic carbocycles. The largest absolute Gasteiger partial charge is 0.444 e. The SMILES string of the molecule is CC(C)(C)OC(=O)NCCC(CN)Nc1ccc(Cl)cc1. The third-order valence-corrected chi connectivity index (χ3v) is 2.91. The molecule has 0 aliphatic rings. The van der Waals surface area contributed by atoms with Crippen LogP contribution in [0.5, 0.6) is 0 Å². The average molecular weight is 314 g/mol. The molecular formula is C15H24ClN3O2. The maximum atomic E-state index is 11.5. The molecule has 5 nitrogen and oxygen atoms in total. The first kappa shape index (κ1) is 17.6. The monoisotopic (exact) mass is 313 g/mol. The number of ether oxygens (including phenoxy) is 1. The summed E-state index contributed by atoms with van der Waals surface area (Å²) in [5, 5.41) is 6.71. The summed E-state index contributed by atoms with van der Waals surface area (Å²) in [7, 11) is 0. The van der Waals surface area contributed by atoms with Gasteiger partial charge in [0.25, 0.3) is 0 Å². The van der Waals surface area contributed by atoms with Crippen molar-refractivity contribution in [2.45, 2.75) is 38.8 Å². The molecule has 0 saturated heterocycles. The lowest BCUT2D eigenvalue weighted by Gasteiger charge is -2.21. The van der Waals surface area contributed by atoms with Crippen LogP contribution < -0.4 is 16.4 Å². The molecule has 0 fully saturated rings. The molecular weight excluding hydrogens is 290 g/mol. The quantitative estimate of drug-likeness (QED) is 0.754. The highest BCUT2D eigenvalue weighted by Crippen LogP contribution is 2.14. The van der Waals surface area contributed by atoms with Crippen LogP contribution in [0.1, 0.15) is 27.2 Å². The average Bonchev–Trinajstić information content (AvgIpc) is 2.38. The summed E-state index contributed by atoms with van der Waals surface area (Å²) < 4.78 is 5.17. The van der Waals surface area contributed by atoms with Crippen LogP contribution >= 0.6 is 11.6 Å². The molecule has 0 heterocycles. The Balaban J connectivity index is 2.34. The number of nitrogens with one attached hydrogen (secondary N) is 2. The molecule has 0 aliphatic heterocycles. The number of carbonyl (C=O) groups is 1. The van der Waals surface area contributed by atoms with Crippen molar-refractivity contribution in [2.24, 2.45) is 5.73 Å². The van der Waals surface area contributed by atoms with E-state index < -0.39 is 11.7 Å². The molecule has 1 atom stereocenters. The van der Waals surface area contributed by atoms with Crippen molar-refractivity contribution < 1.29 is 9.53 Å². The Bertz CT molecular complexity index is 443. The van der Waals surface area contributed by atoms with E-state index in [2.05, 4.69) is 10.6 Å². The highest BCUT2D eigenvalue weighted by atomic mass is 35.5. The first-order valence-electron chi connectivity index (χ1n) is 6.99. The van der Waals surface area contributed by atoms with Gasteiger partial charge in [0.1, 0.15) is 5.60 Å². The molecule has 0 saturated carbocycles. The van der Waals surface area contributed by atoms with Crippen LogP contribution in [0, 0.1) is 0 Å². The number of alkyl carbamates (subject to hydrolysis) is 1. The van der Waals surface area contributed by atoms with Crippen LogP contribution in [0.3, 0.4) is 0 Å². The molecule has 118 valence electrons. The van der Waals surface area contributed by atoms with Gasteiger partial charge in [-0.1, -0.05) is 11.6 Å². The van der Waals surface area contributed by atoms with Gasteiger partial charge in [0, 0.05) is 29.8 Å². The zero-order valence-corrected chi connectivity index (χ0v) is 13.5. The first-order valence-corrected chi connectivity index (χ1v) is 7.37. The topological polar surface area (TPSA) is 76.4 Å². The molecule has 1 rings (SSSR count). The molecule has 0 aliphatic carbocycles. The Morgan fingerprint density at radius 3 is 2.48 bits per heavy atom. The summed E-state index contributed by atoms with van der Waals surface area (Å²) in [6.45, 7) is 6.46. The summed E-state index contributed by atoms with van der Waals surface area (Å²) in [6, 6.07) is 7.49. The number of hydrogen-bond acceptors (Lipinski definition) is 4. The van der Waals surface area contributed by atoms with Crippen LogP contribution in [0.15, 0.2) is 24.3 Å². The normalized spacial score (nSPS) is 12.6. The number of carbonyl (C=O) groups excluding carboxylic acids is 1. The number of amides is 1. The standard InChI is InChI=1S/C15H24ClN3O2/c1-15(2,3)21-14(20)18-9-8-13(10-17)19-12-6-4-11(16)5-7-12/h4-7,13,19H,8-10,17H2,1-3H3,(H,18,20). The van der Waals surface area contributed by atoms with Crippen LogP contribution in [0.2, 0.25) is 5.02 Å². The van der Waals surface area contributed by atoms with Crippen molar-refractivity contribution in [3.05, 3.63) is 29.3 Å². The van der Waals surface area contributed by atoms with Crippen LogP contribution in [0.4, 0.5) is 10.5 Å². The number of benzene rings is 1. The second kappa shape index (κ2) is 8.10. The van der Waals surface area contributed by atoms with Crippen molar-refractivity contribution >= 4 is 23.4 Å². The van der Waals surface area contributed by atoms with Crippen molar-refractivity contribution in [3.8, 4) is 0 Å². The summed E-state index contributed by atoms with van der Waals surface area (Å²) in [5.41, 5.74) is 6.20. The minimum atomic E-state index is -0.487. The van der Waals surface area contributed by atoms with E-state index >= 15 is 0 Å². The highest BCUT2D eigenvalue weighted by Gasteiger charge is 2.16. The number of halogens is 1. The minimum Gasteiger partial charge on any atom is -0.444 e. The Morgan fingerprint density at radius 1 is 1.33 bits per heavy atom. The maximum Gasteiger partial charge on any atom is 0.407 e. The van der Waals surface area contributed by atoms with Gasteiger partial charge in [-0.2, -0.15) is 0 Å². The van der Waals surface area contributed by atoms with E-state index in [-0.39, 0.29) is 6.04 Å². The van der Waals surface area contributed by atoms with Gasteiger partial charge in [-0.15, -0.1) is 0 Å². The zero-order chi connectivity index (χ0) is 15.9. The van der Waals surface area contributed by atoms with Crippen LogP contribution in [0.25, 0.3) is 0 Å². The fourth-order valence-electron chi connectivity index (χ4n) is 1.69. The molecule has 1 amide bonds. The number of nitrogens with two attached hydrogens (primary N) is 1. The fourth-order valence-corrected chi connectivity index (χ4v) is 1.82. The lowest BCUT2D eigenvalue weighted by atomic mass is 10.2. The molecule has 0 spiro atoms. The molecule has 1 aromatic rings. The van der Waals surface area contributed by atoms with Gasteiger partial charge in [-0.25, -0.2) is 4.79 Å². The van der Waals surface area contributed by atoms with E-state index in [4.69, 9.17) is 22.1 Å². The van der Waals surface area contributed by atoms with Gasteiger partial charge in [-0.3, -0.25) is 0 Å². The second-order valence-corrected chi connectivity index (χ2v) is 6.24. The van der Waals surface area contributed by atoms with E-state index in [1.807, 2.05) is 45.0 Å². The van der Waals surface area contributed by atoms with E-state index in [0.717, 1.165) is 5.69 Å². The summed E-state index contributed by atoms with van der Waals surface area (Å²) >= 11 is 5.84. The smallest absolute Gasteiger partial charge is 0.407 e. The van der Waals surface area contributed by atoms with E-state index in [1.54, 1.807) is 0 Å². The van der Waals surface area contributed by atoms with Gasteiger partial charge in [0.05, 0.1) is 0 Å². The van der Waals surface area contributed by atoms with Gasteiger partial charge >= 0.3 is 6.09 Å². The predicted octanol–water partition coefficient (Wildman–Crippen LogP) is 2.99. The van der Waals surface area contributed by atoms with Crippen LogP contribution in [-0.2, 0) is 4.74 Å². The molecule has 6 heteroatoms. The van der Waals surface area contributed by atoms with Gasteiger partial charge < -0.3 is 21.1 Å². The molecule has 0 radical (unpaired) electrons. The van der Waals surface area contributed by atoms with Gasteiger partial charge in [0.15, 0.2) is 0 Å². The third kappa shape index (κ3) is 7.78. The summed E-state index contributed by atoms with van der Waals surface area (Å²) in [6.07, 6.45) is 0.294. The molecule has 0 bridgehead atoms. The molecule has 4 N–H and O–H groups in total. The number of anilines is 1. The highest BCUT2D eigenvalue weighted by molar-refractivity contribution is 6.30. The first-order chi connectivity index (χ1) is 9.80. The molecule has 21 heavy (non-hydrogen) atoms. The van der Waals surface area contributed by atoms with E-state index in [9.17, 15) is 4.79 Å². The molecule has 0 aromatic heterocycles. The van der Waals surface area contributed by atoms with Gasteiger partial charge in [-0.05, 0) is 51.5 Å². The Kier molecular flexibility index (Phi) is 6.78.